The molecule has 4 heteroatoms. The molecule has 0 atom stereocenters. The van der Waals surface area contributed by atoms with Gasteiger partial charge in [-0.3, -0.25) is 10.1 Å². The van der Waals surface area contributed by atoms with Crippen LogP contribution in [-0.4, -0.2) is 9.49 Å². The standard InChI is InChI=1S/C12H10N2O2/c1-8-5-6-9-7-10-11(13(8)9)3-2-4-12(10)14(15)16/h2-6H,7H2,1H3. The predicted octanol–water partition coefficient (Wildman–Crippen LogP) is 2.60. The van der Waals surface area contributed by atoms with Gasteiger partial charge in [0.1, 0.15) is 0 Å². The zero-order valence-corrected chi connectivity index (χ0v) is 8.80. The number of aryl methyl sites for hydroxylation is 1. The van der Waals surface area contributed by atoms with Gasteiger partial charge in [0.15, 0.2) is 0 Å². The van der Waals surface area contributed by atoms with E-state index in [0.717, 1.165) is 22.6 Å². The maximum atomic E-state index is 10.9. The largest absolute Gasteiger partial charge is 0.317 e. The molecular formula is C12H10N2O2. The van der Waals surface area contributed by atoms with E-state index >= 15 is 0 Å². The molecule has 2 aromatic rings. The topological polar surface area (TPSA) is 48.1 Å². The minimum Gasteiger partial charge on any atom is -0.317 e. The van der Waals surface area contributed by atoms with Crippen LogP contribution in [0.5, 0.6) is 0 Å². The van der Waals surface area contributed by atoms with E-state index in [4.69, 9.17) is 0 Å². The highest BCUT2D eigenvalue weighted by Crippen LogP contribution is 2.35. The summed E-state index contributed by atoms with van der Waals surface area (Å²) in [6.45, 7) is 2.01. The fraction of sp³-hybridized carbons (Fsp3) is 0.167. The molecule has 0 unspecified atom stereocenters. The van der Waals surface area contributed by atoms with Gasteiger partial charge in [-0.15, -0.1) is 0 Å². The SMILES string of the molecule is Cc1ccc2n1-c1cccc([N+](=O)[O-])c1C2. The molecule has 0 spiro atoms. The molecule has 4 nitrogen and oxygen atoms in total. The van der Waals surface area contributed by atoms with Crippen LogP contribution in [0.15, 0.2) is 30.3 Å². The van der Waals surface area contributed by atoms with Crippen molar-refractivity contribution >= 4 is 5.69 Å². The van der Waals surface area contributed by atoms with Gasteiger partial charge in [0.05, 0.1) is 16.2 Å². The van der Waals surface area contributed by atoms with E-state index in [9.17, 15) is 10.1 Å². The lowest BCUT2D eigenvalue weighted by molar-refractivity contribution is -0.385. The second-order valence-corrected chi connectivity index (χ2v) is 4.01. The van der Waals surface area contributed by atoms with Crippen LogP contribution in [0.25, 0.3) is 5.69 Å². The van der Waals surface area contributed by atoms with Gasteiger partial charge in [-0.25, -0.2) is 0 Å². The molecule has 0 saturated carbocycles. The van der Waals surface area contributed by atoms with Crippen molar-refractivity contribution < 1.29 is 4.92 Å². The van der Waals surface area contributed by atoms with Crippen LogP contribution in [0.4, 0.5) is 5.69 Å². The third-order valence-corrected chi connectivity index (χ3v) is 3.08. The molecule has 80 valence electrons. The fourth-order valence-electron chi connectivity index (χ4n) is 2.38. The second kappa shape index (κ2) is 2.95. The van der Waals surface area contributed by atoms with Crippen LogP contribution < -0.4 is 0 Å². The first-order valence-corrected chi connectivity index (χ1v) is 5.12. The maximum Gasteiger partial charge on any atom is 0.275 e. The summed E-state index contributed by atoms with van der Waals surface area (Å²) in [5.41, 5.74) is 4.24. The zero-order chi connectivity index (χ0) is 11.3. The number of rotatable bonds is 1. The molecule has 0 N–H and O–H groups in total. The quantitative estimate of drug-likeness (QED) is 0.461. The Bertz CT molecular complexity index is 599. The van der Waals surface area contributed by atoms with Crippen LogP contribution in [0.1, 0.15) is 17.0 Å². The summed E-state index contributed by atoms with van der Waals surface area (Å²) in [6.07, 6.45) is 0.653. The van der Waals surface area contributed by atoms with Gasteiger partial charge < -0.3 is 4.57 Å². The summed E-state index contributed by atoms with van der Waals surface area (Å²) >= 11 is 0. The van der Waals surface area contributed by atoms with Crippen molar-refractivity contribution in [3.8, 4) is 5.69 Å². The van der Waals surface area contributed by atoms with Gasteiger partial charge in [0, 0.05) is 23.9 Å². The number of fused-ring (bicyclic) bond motifs is 3. The Labute approximate surface area is 92.3 Å². The van der Waals surface area contributed by atoms with Gasteiger partial charge in [0.25, 0.3) is 5.69 Å². The van der Waals surface area contributed by atoms with Gasteiger partial charge in [-0.1, -0.05) is 6.07 Å². The smallest absolute Gasteiger partial charge is 0.275 e. The van der Waals surface area contributed by atoms with E-state index in [1.54, 1.807) is 12.1 Å². The Morgan fingerprint density at radius 1 is 1.31 bits per heavy atom. The van der Waals surface area contributed by atoms with Crippen LogP contribution in [0.2, 0.25) is 0 Å². The Hall–Kier alpha value is -2.10. The minimum absolute atomic E-state index is 0.223. The first kappa shape index (κ1) is 9.15. The van der Waals surface area contributed by atoms with Crippen molar-refractivity contribution in [2.75, 3.05) is 0 Å². The molecule has 1 aliphatic rings. The molecule has 0 fully saturated rings. The molecule has 16 heavy (non-hydrogen) atoms. The van der Waals surface area contributed by atoms with E-state index in [1.807, 2.05) is 25.1 Å². The molecular weight excluding hydrogens is 204 g/mol. The average molecular weight is 214 g/mol. The number of nitro benzene ring substituents is 1. The van der Waals surface area contributed by atoms with E-state index in [0.29, 0.717) is 6.42 Å². The molecule has 2 heterocycles. The Morgan fingerprint density at radius 3 is 2.88 bits per heavy atom. The fourth-order valence-corrected chi connectivity index (χ4v) is 2.38. The van der Waals surface area contributed by atoms with Crippen LogP contribution in [-0.2, 0) is 6.42 Å². The molecule has 1 aromatic heterocycles. The van der Waals surface area contributed by atoms with Crippen molar-refractivity contribution in [2.24, 2.45) is 0 Å². The summed E-state index contributed by atoms with van der Waals surface area (Å²) < 4.78 is 2.09. The lowest BCUT2D eigenvalue weighted by atomic mass is 10.1. The van der Waals surface area contributed by atoms with Crippen molar-refractivity contribution in [1.29, 1.82) is 0 Å². The Kier molecular flexibility index (Phi) is 1.68. The van der Waals surface area contributed by atoms with Gasteiger partial charge in [-0.05, 0) is 25.1 Å². The molecule has 0 saturated heterocycles. The number of aromatic nitrogens is 1. The monoisotopic (exact) mass is 214 g/mol. The van der Waals surface area contributed by atoms with E-state index in [1.165, 1.54) is 0 Å². The minimum atomic E-state index is -0.305. The molecule has 0 bridgehead atoms. The highest BCUT2D eigenvalue weighted by molar-refractivity contribution is 5.60. The van der Waals surface area contributed by atoms with Crippen LogP contribution >= 0.6 is 0 Å². The Morgan fingerprint density at radius 2 is 2.12 bits per heavy atom. The van der Waals surface area contributed by atoms with Crippen molar-refractivity contribution in [3.05, 3.63) is 57.4 Å². The molecule has 1 aliphatic heterocycles. The van der Waals surface area contributed by atoms with E-state index in [-0.39, 0.29) is 10.6 Å². The lowest BCUT2D eigenvalue weighted by Crippen LogP contribution is -1.96. The summed E-state index contributed by atoms with van der Waals surface area (Å²) in [6, 6.07) is 9.31. The number of hydrogen-bond acceptors (Lipinski definition) is 2. The number of nitrogens with zero attached hydrogens (tertiary/aromatic N) is 2. The van der Waals surface area contributed by atoms with Crippen LogP contribution in [0, 0.1) is 17.0 Å². The molecule has 1 aromatic carbocycles. The summed E-state index contributed by atoms with van der Waals surface area (Å²) in [4.78, 5) is 10.6. The summed E-state index contributed by atoms with van der Waals surface area (Å²) in [7, 11) is 0. The van der Waals surface area contributed by atoms with E-state index < -0.39 is 0 Å². The number of nitro groups is 1. The molecule has 3 rings (SSSR count). The van der Waals surface area contributed by atoms with Crippen molar-refractivity contribution in [1.82, 2.24) is 4.57 Å². The second-order valence-electron chi connectivity index (χ2n) is 4.01. The lowest BCUT2D eigenvalue weighted by Gasteiger charge is -2.04. The Balaban J connectivity index is 2.29. The average Bonchev–Trinajstić information content (AvgIpc) is 2.78. The normalized spacial score (nSPS) is 12.3. The predicted molar refractivity (Wildman–Crippen MR) is 60.0 cm³/mol. The highest BCUT2D eigenvalue weighted by atomic mass is 16.6. The molecule has 0 radical (unpaired) electrons. The van der Waals surface area contributed by atoms with E-state index in [2.05, 4.69) is 4.57 Å². The third-order valence-electron chi connectivity index (χ3n) is 3.08. The summed E-state index contributed by atoms with van der Waals surface area (Å²) in [5, 5.41) is 10.9. The molecule has 0 aliphatic carbocycles. The van der Waals surface area contributed by atoms with Gasteiger partial charge >= 0.3 is 0 Å². The maximum absolute atomic E-state index is 10.9. The zero-order valence-electron chi connectivity index (χ0n) is 8.80. The van der Waals surface area contributed by atoms with Gasteiger partial charge in [0.2, 0.25) is 0 Å². The highest BCUT2D eigenvalue weighted by Gasteiger charge is 2.26. The van der Waals surface area contributed by atoms with Gasteiger partial charge in [-0.2, -0.15) is 0 Å². The number of benzene rings is 1. The first-order chi connectivity index (χ1) is 7.68. The van der Waals surface area contributed by atoms with Crippen molar-refractivity contribution in [2.45, 2.75) is 13.3 Å². The third kappa shape index (κ3) is 1.04. The van der Waals surface area contributed by atoms with Crippen LogP contribution in [0.3, 0.4) is 0 Å². The van der Waals surface area contributed by atoms with Crippen molar-refractivity contribution in [3.63, 3.8) is 0 Å². The number of hydrogen-bond donors (Lipinski definition) is 0. The molecule has 0 amide bonds. The first-order valence-electron chi connectivity index (χ1n) is 5.12. The summed E-state index contributed by atoms with van der Waals surface area (Å²) in [5.74, 6) is 0.